The Morgan fingerprint density at radius 1 is 1.38 bits per heavy atom. The van der Waals surface area contributed by atoms with Gasteiger partial charge in [-0.25, -0.2) is 0 Å². The van der Waals surface area contributed by atoms with Crippen molar-refractivity contribution in [2.75, 3.05) is 20.3 Å². The van der Waals surface area contributed by atoms with Crippen molar-refractivity contribution in [3.05, 3.63) is 0 Å². The number of aliphatic hydroxyl groups is 1. The van der Waals surface area contributed by atoms with Gasteiger partial charge in [-0.05, 0) is 32.2 Å². The van der Waals surface area contributed by atoms with Crippen molar-refractivity contribution in [3.8, 4) is 0 Å². The molecule has 0 heterocycles. The van der Waals surface area contributed by atoms with Crippen molar-refractivity contribution in [1.29, 1.82) is 0 Å². The van der Waals surface area contributed by atoms with Crippen LogP contribution in [0.1, 0.15) is 45.4 Å². The summed E-state index contributed by atoms with van der Waals surface area (Å²) < 4.78 is 4.89. The van der Waals surface area contributed by atoms with Crippen LogP contribution in [-0.4, -0.2) is 37.5 Å². The fourth-order valence-corrected chi connectivity index (χ4v) is 2.60. The smallest absolute Gasteiger partial charge is 0.0785 e. The number of ether oxygens (including phenoxy) is 1. The highest BCUT2D eigenvalue weighted by atomic mass is 16.5. The first kappa shape index (κ1) is 13.9. The van der Waals surface area contributed by atoms with Gasteiger partial charge in [0, 0.05) is 13.2 Å². The lowest BCUT2D eigenvalue weighted by Gasteiger charge is -2.18. The molecule has 1 rings (SSSR count). The van der Waals surface area contributed by atoms with Gasteiger partial charge in [-0.2, -0.15) is 0 Å². The highest BCUT2D eigenvalue weighted by Gasteiger charge is 2.17. The summed E-state index contributed by atoms with van der Waals surface area (Å²) in [4.78, 5) is 0. The Bertz CT molecular complexity index is 169. The molecule has 2 unspecified atom stereocenters. The van der Waals surface area contributed by atoms with E-state index < -0.39 is 0 Å². The molecule has 3 nitrogen and oxygen atoms in total. The summed E-state index contributed by atoms with van der Waals surface area (Å²) in [7, 11) is 1.62. The molecule has 1 saturated carbocycles. The van der Waals surface area contributed by atoms with E-state index in [1.165, 1.54) is 32.1 Å². The first-order valence-electron chi connectivity index (χ1n) is 6.62. The SMILES string of the molecule is COCC(O)CCNC(C)CC1CCCC1. The van der Waals surface area contributed by atoms with Crippen LogP contribution >= 0.6 is 0 Å². The Morgan fingerprint density at radius 3 is 2.69 bits per heavy atom. The van der Waals surface area contributed by atoms with Crippen molar-refractivity contribution in [3.63, 3.8) is 0 Å². The average molecular weight is 229 g/mol. The first-order chi connectivity index (χ1) is 7.72. The molecule has 0 aromatic heterocycles. The van der Waals surface area contributed by atoms with Gasteiger partial charge >= 0.3 is 0 Å². The van der Waals surface area contributed by atoms with Gasteiger partial charge < -0.3 is 15.2 Å². The van der Waals surface area contributed by atoms with E-state index in [-0.39, 0.29) is 6.10 Å². The molecule has 3 heteroatoms. The van der Waals surface area contributed by atoms with Gasteiger partial charge in [0.2, 0.25) is 0 Å². The molecule has 0 aromatic carbocycles. The minimum Gasteiger partial charge on any atom is -0.391 e. The highest BCUT2D eigenvalue weighted by Crippen LogP contribution is 2.28. The molecule has 0 saturated heterocycles. The molecule has 1 aliphatic rings. The second-order valence-corrected chi connectivity index (χ2v) is 5.14. The number of hydrogen-bond acceptors (Lipinski definition) is 3. The van der Waals surface area contributed by atoms with Crippen LogP contribution < -0.4 is 5.32 Å². The third kappa shape index (κ3) is 5.83. The maximum Gasteiger partial charge on any atom is 0.0785 e. The summed E-state index contributed by atoms with van der Waals surface area (Å²) in [6.45, 7) is 3.58. The molecule has 96 valence electrons. The van der Waals surface area contributed by atoms with Crippen molar-refractivity contribution < 1.29 is 9.84 Å². The quantitative estimate of drug-likeness (QED) is 0.668. The van der Waals surface area contributed by atoms with Gasteiger partial charge in [0.05, 0.1) is 12.7 Å². The normalized spacial score (nSPS) is 21.2. The zero-order chi connectivity index (χ0) is 11.8. The average Bonchev–Trinajstić information content (AvgIpc) is 2.70. The van der Waals surface area contributed by atoms with E-state index in [1.54, 1.807) is 7.11 Å². The predicted octanol–water partition coefficient (Wildman–Crippen LogP) is 1.94. The van der Waals surface area contributed by atoms with E-state index in [0.717, 1.165) is 18.9 Å². The van der Waals surface area contributed by atoms with Crippen LogP contribution in [-0.2, 0) is 4.74 Å². The summed E-state index contributed by atoms with van der Waals surface area (Å²) in [6, 6.07) is 0.581. The zero-order valence-electron chi connectivity index (χ0n) is 10.7. The largest absolute Gasteiger partial charge is 0.391 e. The lowest BCUT2D eigenvalue weighted by atomic mass is 9.99. The molecular weight excluding hydrogens is 202 g/mol. The lowest BCUT2D eigenvalue weighted by molar-refractivity contribution is 0.0589. The minimum absolute atomic E-state index is 0.323. The van der Waals surface area contributed by atoms with Crippen LogP contribution in [0.5, 0.6) is 0 Å². The van der Waals surface area contributed by atoms with Gasteiger partial charge in [-0.15, -0.1) is 0 Å². The summed E-state index contributed by atoms with van der Waals surface area (Å²) in [5.74, 6) is 0.936. The maximum atomic E-state index is 9.48. The monoisotopic (exact) mass is 229 g/mol. The molecule has 16 heavy (non-hydrogen) atoms. The van der Waals surface area contributed by atoms with Gasteiger partial charge in [-0.3, -0.25) is 0 Å². The first-order valence-corrected chi connectivity index (χ1v) is 6.62. The number of nitrogens with one attached hydrogen (secondary N) is 1. The zero-order valence-corrected chi connectivity index (χ0v) is 10.7. The molecule has 0 radical (unpaired) electrons. The Balaban J connectivity index is 1.98. The minimum atomic E-state index is -0.323. The second-order valence-electron chi connectivity index (χ2n) is 5.14. The van der Waals surface area contributed by atoms with Crippen LogP contribution in [0.25, 0.3) is 0 Å². The van der Waals surface area contributed by atoms with Crippen LogP contribution in [0.3, 0.4) is 0 Å². The Morgan fingerprint density at radius 2 is 2.06 bits per heavy atom. The standard InChI is InChI=1S/C13H27NO2/c1-11(9-12-5-3-4-6-12)14-8-7-13(15)10-16-2/h11-15H,3-10H2,1-2H3. The number of aliphatic hydroxyl groups excluding tert-OH is 1. The number of methoxy groups -OCH3 is 1. The molecule has 1 aliphatic carbocycles. The van der Waals surface area contributed by atoms with Crippen LogP contribution in [0, 0.1) is 5.92 Å². The van der Waals surface area contributed by atoms with Gasteiger partial charge in [-0.1, -0.05) is 25.7 Å². The van der Waals surface area contributed by atoms with Crippen molar-refractivity contribution in [1.82, 2.24) is 5.32 Å². The van der Waals surface area contributed by atoms with E-state index in [1.807, 2.05) is 0 Å². The van der Waals surface area contributed by atoms with E-state index in [9.17, 15) is 5.11 Å². The topological polar surface area (TPSA) is 41.5 Å². The van der Waals surface area contributed by atoms with E-state index in [2.05, 4.69) is 12.2 Å². The summed E-state index contributed by atoms with van der Waals surface area (Å²) in [6.07, 6.45) is 7.42. The van der Waals surface area contributed by atoms with Crippen molar-refractivity contribution in [2.24, 2.45) is 5.92 Å². The molecule has 1 fully saturated rings. The van der Waals surface area contributed by atoms with Crippen LogP contribution in [0.4, 0.5) is 0 Å². The molecule has 0 bridgehead atoms. The van der Waals surface area contributed by atoms with Gasteiger partial charge in [0.25, 0.3) is 0 Å². The molecular formula is C13H27NO2. The molecule has 2 N–H and O–H groups in total. The summed E-state index contributed by atoms with van der Waals surface area (Å²) in [5.41, 5.74) is 0. The summed E-state index contributed by atoms with van der Waals surface area (Å²) >= 11 is 0. The number of rotatable bonds is 8. The van der Waals surface area contributed by atoms with E-state index in [0.29, 0.717) is 12.6 Å². The summed E-state index contributed by atoms with van der Waals surface area (Å²) in [5, 5.41) is 13.0. The molecule has 0 amide bonds. The van der Waals surface area contributed by atoms with E-state index >= 15 is 0 Å². The van der Waals surface area contributed by atoms with Gasteiger partial charge in [0.1, 0.15) is 0 Å². The molecule has 2 atom stereocenters. The third-order valence-corrected chi connectivity index (χ3v) is 3.49. The Kier molecular flexibility index (Phi) is 7.01. The molecule has 0 aromatic rings. The molecule has 0 aliphatic heterocycles. The van der Waals surface area contributed by atoms with Crippen molar-refractivity contribution >= 4 is 0 Å². The van der Waals surface area contributed by atoms with Crippen molar-refractivity contribution in [2.45, 2.75) is 57.6 Å². The fourth-order valence-electron chi connectivity index (χ4n) is 2.60. The molecule has 0 spiro atoms. The van der Waals surface area contributed by atoms with E-state index in [4.69, 9.17) is 4.74 Å². The lowest BCUT2D eigenvalue weighted by Crippen LogP contribution is -2.31. The highest BCUT2D eigenvalue weighted by molar-refractivity contribution is 4.73. The third-order valence-electron chi connectivity index (χ3n) is 3.49. The van der Waals surface area contributed by atoms with Crippen LogP contribution in [0.15, 0.2) is 0 Å². The maximum absolute atomic E-state index is 9.48. The van der Waals surface area contributed by atoms with Crippen LogP contribution in [0.2, 0.25) is 0 Å². The Hall–Kier alpha value is -0.120. The number of hydrogen-bond donors (Lipinski definition) is 2. The second kappa shape index (κ2) is 8.04. The fraction of sp³-hybridized carbons (Fsp3) is 1.00. The Labute approximate surface area is 99.6 Å². The predicted molar refractivity (Wildman–Crippen MR) is 66.5 cm³/mol. The van der Waals surface area contributed by atoms with Gasteiger partial charge in [0.15, 0.2) is 0 Å².